The van der Waals surface area contributed by atoms with E-state index in [-0.39, 0.29) is 11.3 Å². The fraction of sp³-hybridized carbons (Fsp3) is 0.667. The maximum Gasteiger partial charge on any atom is 0.201 e. The highest BCUT2D eigenvalue weighted by Crippen LogP contribution is 2.42. The van der Waals surface area contributed by atoms with Crippen molar-refractivity contribution in [3.8, 4) is 17.6 Å². The summed E-state index contributed by atoms with van der Waals surface area (Å²) < 4.78 is 32.6. The van der Waals surface area contributed by atoms with Gasteiger partial charge in [-0.3, -0.25) is 0 Å². The molecule has 2 aliphatic carbocycles. The Bertz CT molecular complexity index is 672. The average molecular weight is 375 g/mol. The number of hydrogen-bond donors (Lipinski definition) is 0. The van der Waals surface area contributed by atoms with Gasteiger partial charge in [0.2, 0.25) is 5.82 Å². The summed E-state index contributed by atoms with van der Waals surface area (Å²) in [7, 11) is 1.33. The number of methoxy groups -OCH3 is 1. The molecule has 0 spiro atoms. The first-order valence-corrected chi connectivity index (χ1v) is 10.7. The fourth-order valence-corrected chi connectivity index (χ4v) is 5.06. The first kappa shape index (κ1) is 20.2. The lowest BCUT2D eigenvalue weighted by Gasteiger charge is -2.37. The van der Waals surface area contributed by atoms with E-state index in [0.29, 0.717) is 5.92 Å². The van der Waals surface area contributed by atoms with Crippen LogP contribution in [-0.2, 0) is 0 Å². The number of hydrogen-bond acceptors (Lipinski definition) is 1. The third-order valence-electron chi connectivity index (χ3n) is 6.70. The molecule has 1 aromatic rings. The van der Waals surface area contributed by atoms with E-state index >= 15 is 0 Å². The molecule has 0 heterocycles. The molecule has 0 unspecified atom stereocenters. The summed E-state index contributed by atoms with van der Waals surface area (Å²) in [5.41, 5.74) is 0.129. The molecule has 0 aromatic heterocycles. The van der Waals surface area contributed by atoms with Gasteiger partial charge in [0.1, 0.15) is 0 Å². The van der Waals surface area contributed by atoms with Gasteiger partial charge in [-0.15, -0.1) is 0 Å². The highest BCUT2D eigenvalue weighted by molar-refractivity contribution is 5.41. The van der Waals surface area contributed by atoms with E-state index in [2.05, 4.69) is 18.8 Å². The average Bonchev–Trinajstić information content (AvgIpc) is 2.70. The van der Waals surface area contributed by atoms with E-state index < -0.39 is 11.6 Å². The lowest BCUT2D eigenvalue weighted by atomic mass is 9.69. The van der Waals surface area contributed by atoms with Gasteiger partial charge in [-0.2, -0.15) is 4.39 Å². The zero-order chi connectivity index (χ0) is 19.2. The van der Waals surface area contributed by atoms with Crippen molar-refractivity contribution in [1.82, 2.24) is 0 Å². The Kier molecular flexibility index (Phi) is 7.16. The summed E-state index contributed by atoms with van der Waals surface area (Å²) in [5.74, 6) is 7.15. The van der Waals surface area contributed by atoms with Crippen molar-refractivity contribution in [1.29, 1.82) is 0 Å². The molecule has 3 heteroatoms. The van der Waals surface area contributed by atoms with Crippen LogP contribution in [0.1, 0.15) is 76.7 Å². The second-order valence-corrected chi connectivity index (χ2v) is 8.39. The van der Waals surface area contributed by atoms with Crippen LogP contribution >= 0.6 is 0 Å². The van der Waals surface area contributed by atoms with Crippen molar-refractivity contribution in [3.63, 3.8) is 0 Å². The first-order chi connectivity index (χ1) is 13.1. The fourth-order valence-electron chi connectivity index (χ4n) is 5.06. The van der Waals surface area contributed by atoms with Gasteiger partial charge in [-0.25, -0.2) is 4.39 Å². The van der Waals surface area contributed by atoms with Gasteiger partial charge in [0, 0.05) is 5.92 Å². The van der Waals surface area contributed by atoms with Crippen LogP contribution in [0.4, 0.5) is 8.78 Å². The Morgan fingerprint density at radius 3 is 2.15 bits per heavy atom. The number of benzene rings is 1. The topological polar surface area (TPSA) is 9.23 Å². The summed E-state index contributed by atoms with van der Waals surface area (Å²) in [6.45, 7) is 2.29. The maximum absolute atomic E-state index is 14.0. The predicted molar refractivity (Wildman–Crippen MR) is 106 cm³/mol. The largest absolute Gasteiger partial charge is 0.494 e. The highest BCUT2D eigenvalue weighted by Gasteiger charge is 2.30. The Morgan fingerprint density at radius 1 is 0.926 bits per heavy atom. The molecule has 1 nitrogen and oxygen atoms in total. The minimum Gasteiger partial charge on any atom is -0.494 e. The molecule has 0 saturated heterocycles. The van der Waals surface area contributed by atoms with Crippen LogP contribution in [-0.4, -0.2) is 7.11 Å². The van der Waals surface area contributed by atoms with E-state index in [1.54, 1.807) is 0 Å². The van der Waals surface area contributed by atoms with Gasteiger partial charge in [-0.1, -0.05) is 44.4 Å². The Labute approximate surface area is 162 Å². The Morgan fingerprint density at radius 2 is 1.56 bits per heavy atom. The van der Waals surface area contributed by atoms with Crippen molar-refractivity contribution < 1.29 is 13.5 Å². The van der Waals surface area contributed by atoms with Crippen LogP contribution in [0, 0.1) is 47.1 Å². The van der Waals surface area contributed by atoms with Crippen molar-refractivity contribution in [2.45, 2.75) is 71.1 Å². The molecule has 27 heavy (non-hydrogen) atoms. The second kappa shape index (κ2) is 9.58. The third kappa shape index (κ3) is 5.03. The molecule has 148 valence electrons. The quantitative estimate of drug-likeness (QED) is 0.530. The van der Waals surface area contributed by atoms with Gasteiger partial charge >= 0.3 is 0 Å². The van der Waals surface area contributed by atoms with Crippen LogP contribution < -0.4 is 4.74 Å². The molecule has 2 saturated carbocycles. The zero-order valence-electron chi connectivity index (χ0n) is 16.7. The summed E-state index contributed by atoms with van der Waals surface area (Å²) in [5, 5.41) is 0. The number of rotatable bonds is 4. The molecule has 2 fully saturated rings. The minimum atomic E-state index is -0.952. The molecule has 0 N–H and O–H groups in total. The molecule has 0 aliphatic heterocycles. The van der Waals surface area contributed by atoms with Crippen molar-refractivity contribution in [2.75, 3.05) is 7.11 Å². The molecule has 3 rings (SSSR count). The lowest BCUT2D eigenvalue weighted by Crippen LogP contribution is -2.25. The van der Waals surface area contributed by atoms with E-state index in [9.17, 15) is 8.78 Å². The molecular weight excluding hydrogens is 342 g/mol. The minimum absolute atomic E-state index is 0.0767. The van der Waals surface area contributed by atoms with Crippen LogP contribution in [0.3, 0.4) is 0 Å². The molecule has 0 radical (unpaired) electrons. The Hall–Kier alpha value is -1.56. The van der Waals surface area contributed by atoms with Crippen LogP contribution in [0.25, 0.3) is 0 Å². The van der Waals surface area contributed by atoms with E-state index in [0.717, 1.165) is 30.6 Å². The normalized spacial score (nSPS) is 28.3. The zero-order valence-corrected chi connectivity index (χ0v) is 16.7. The van der Waals surface area contributed by atoms with Gasteiger partial charge in [-0.05, 0) is 68.4 Å². The van der Waals surface area contributed by atoms with Crippen LogP contribution in [0.5, 0.6) is 5.75 Å². The standard InChI is InChI=1S/C24H32F2O/c1-3-4-17-5-10-19(11-6-17)20-12-7-18(8-13-20)9-14-21-15-16-22(27-2)24(26)23(21)25/h15-20H,3-8,10-13H2,1-2H3/t17-,18-,19-,20-. The third-order valence-corrected chi connectivity index (χ3v) is 6.70. The van der Waals surface area contributed by atoms with E-state index in [1.165, 1.54) is 70.6 Å². The summed E-state index contributed by atoms with van der Waals surface area (Å²) in [6, 6.07) is 2.94. The first-order valence-electron chi connectivity index (χ1n) is 10.7. The van der Waals surface area contributed by atoms with Crippen molar-refractivity contribution in [3.05, 3.63) is 29.3 Å². The SMILES string of the molecule is CCC[C@H]1CC[C@H]([C@H]2CC[C@H](C#Cc3ccc(OC)c(F)c3F)CC2)CC1. The number of halogens is 2. The van der Waals surface area contributed by atoms with Crippen LogP contribution in [0.15, 0.2) is 12.1 Å². The molecular formula is C24H32F2O. The molecule has 2 aliphatic rings. The predicted octanol–water partition coefficient (Wildman–Crippen LogP) is 6.74. The highest BCUT2D eigenvalue weighted by atomic mass is 19.2. The Balaban J connectivity index is 1.51. The molecule has 0 atom stereocenters. The summed E-state index contributed by atoms with van der Waals surface area (Å²) in [6.07, 6.45) is 13.0. The molecule has 1 aromatic carbocycles. The van der Waals surface area contributed by atoms with Crippen LogP contribution in [0.2, 0.25) is 0 Å². The van der Waals surface area contributed by atoms with E-state index in [4.69, 9.17) is 4.74 Å². The summed E-state index contributed by atoms with van der Waals surface area (Å²) >= 11 is 0. The van der Waals surface area contributed by atoms with E-state index in [1.807, 2.05) is 0 Å². The smallest absolute Gasteiger partial charge is 0.201 e. The van der Waals surface area contributed by atoms with Crippen molar-refractivity contribution in [2.24, 2.45) is 23.7 Å². The number of ether oxygens (including phenoxy) is 1. The molecule has 0 amide bonds. The molecule has 0 bridgehead atoms. The lowest BCUT2D eigenvalue weighted by molar-refractivity contribution is 0.154. The monoisotopic (exact) mass is 374 g/mol. The van der Waals surface area contributed by atoms with Gasteiger partial charge < -0.3 is 4.74 Å². The van der Waals surface area contributed by atoms with Crippen molar-refractivity contribution >= 4 is 0 Å². The van der Waals surface area contributed by atoms with Gasteiger partial charge in [0.15, 0.2) is 11.6 Å². The van der Waals surface area contributed by atoms with Gasteiger partial charge in [0.05, 0.1) is 12.7 Å². The maximum atomic E-state index is 14.0. The van der Waals surface area contributed by atoms with Gasteiger partial charge in [0.25, 0.3) is 0 Å². The summed E-state index contributed by atoms with van der Waals surface area (Å²) in [4.78, 5) is 0. The second-order valence-electron chi connectivity index (χ2n) is 8.39.